The number of nitro benzene ring substituents is 1. The van der Waals surface area contributed by atoms with Crippen molar-refractivity contribution < 1.29 is 14.4 Å². The normalized spacial score (nSPS) is 12.0. The Hall–Kier alpha value is -3.00. The number of hydrazine groups is 1. The van der Waals surface area contributed by atoms with E-state index in [0.29, 0.717) is 22.9 Å². The van der Waals surface area contributed by atoms with Crippen LogP contribution in [0.2, 0.25) is 0 Å². The topological polar surface area (TPSA) is 112 Å². The van der Waals surface area contributed by atoms with Gasteiger partial charge < -0.3 is 20.2 Å². The summed E-state index contributed by atoms with van der Waals surface area (Å²) in [7, 11) is 0. The number of nitro groups is 1. The largest absolute Gasteiger partial charge is 0.454 e. The van der Waals surface area contributed by atoms with Crippen LogP contribution in [0.1, 0.15) is 0 Å². The number of ether oxygens (including phenoxy) is 2. The van der Waals surface area contributed by atoms with Crippen molar-refractivity contribution in [3.05, 3.63) is 46.5 Å². The smallest absolute Gasteiger partial charge is 0.316 e. The van der Waals surface area contributed by atoms with Crippen molar-refractivity contribution in [2.45, 2.75) is 0 Å². The summed E-state index contributed by atoms with van der Waals surface area (Å²) >= 11 is 0. The number of nitrogen functional groups attached to an aromatic ring is 1. The molecule has 2 aromatic carbocycles. The van der Waals surface area contributed by atoms with E-state index in [0.717, 1.165) is 0 Å². The van der Waals surface area contributed by atoms with E-state index in [2.05, 4.69) is 10.7 Å². The van der Waals surface area contributed by atoms with Gasteiger partial charge in [0.2, 0.25) is 6.79 Å². The number of rotatable bonds is 4. The number of nitrogens with zero attached hydrogens (tertiary/aromatic N) is 1. The van der Waals surface area contributed by atoms with Crippen LogP contribution >= 0.6 is 0 Å². The van der Waals surface area contributed by atoms with Gasteiger partial charge in [-0.15, -0.1) is 0 Å². The molecule has 1 aliphatic heterocycles. The summed E-state index contributed by atoms with van der Waals surface area (Å²) in [5.41, 5.74) is 3.40. The maximum Gasteiger partial charge on any atom is 0.316 e. The third-order valence-corrected chi connectivity index (χ3v) is 3.03. The third-order valence-electron chi connectivity index (χ3n) is 3.03. The predicted molar refractivity (Wildman–Crippen MR) is 76.8 cm³/mol. The molecule has 0 atom stereocenters. The molecule has 1 aliphatic rings. The second-order valence-electron chi connectivity index (χ2n) is 4.30. The summed E-state index contributed by atoms with van der Waals surface area (Å²) in [4.78, 5) is 10.7. The number of fused-ring (bicyclic) bond motifs is 1. The highest BCUT2D eigenvalue weighted by Crippen LogP contribution is 2.38. The van der Waals surface area contributed by atoms with E-state index in [-0.39, 0.29) is 18.2 Å². The number of hydrogen-bond acceptors (Lipinski definition) is 7. The minimum atomic E-state index is -0.496. The van der Waals surface area contributed by atoms with Gasteiger partial charge in [-0.25, -0.2) is 0 Å². The Bertz CT molecular complexity index is 705. The Morgan fingerprint density at radius 2 is 1.90 bits per heavy atom. The summed E-state index contributed by atoms with van der Waals surface area (Å²) < 4.78 is 10.5. The molecule has 0 aromatic heterocycles. The Kier molecular flexibility index (Phi) is 3.20. The minimum Gasteiger partial charge on any atom is -0.454 e. The first-order valence-corrected chi connectivity index (χ1v) is 6.10. The Morgan fingerprint density at radius 1 is 1.14 bits per heavy atom. The molecular weight excluding hydrogens is 276 g/mol. The molecule has 0 bridgehead atoms. The lowest BCUT2D eigenvalue weighted by molar-refractivity contribution is -0.383. The molecule has 3 rings (SSSR count). The van der Waals surface area contributed by atoms with Gasteiger partial charge in [-0.05, 0) is 24.3 Å². The van der Waals surface area contributed by atoms with E-state index < -0.39 is 4.92 Å². The lowest BCUT2D eigenvalue weighted by Gasteiger charge is -2.10. The van der Waals surface area contributed by atoms with Gasteiger partial charge in [0.05, 0.1) is 4.92 Å². The van der Waals surface area contributed by atoms with E-state index in [1.165, 1.54) is 6.07 Å². The van der Waals surface area contributed by atoms with Crippen molar-refractivity contribution in [1.82, 2.24) is 0 Å². The Labute approximate surface area is 119 Å². The van der Waals surface area contributed by atoms with Gasteiger partial charge in [0.1, 0.15) is 11.4 Å². The molecule has 0 fully saturated rings. The maximum absolute atomic E-state index is 11.2. The van der Waals surface area contributed by atoms with Crippen LogP contribution < -0.4 is 26.1 Å². The second kappa shape index (κ2) is 5.17. The highest BCUT2D eigenvalue weighted by Gasteiger charge is 2.20. The first-order chi connectivity index (χ1) is 10.2. The van der Waals surface area contributed by atoms with Gasteiger partial charge in [-0.1, -0.05) is 6.07 Å². The molecule has 8 heteroatoms. The van der Waals surface area contributed by atoms with E-state index in [9.17, 15) is 10.1 Å². The SMILES string of the molecule is NNc1cccc(Nc2ccc3c(c2)OCO3)c1[N+](=O)[O-]. The van der Waals surface area contributed by atoms with E-state index in [1.54, 1.807) is 30.3 Å². The molecule has 0 unspecified atom stereocenters. The van der Waals surface area contributed by atoms with Crippen LogP contribution in [0.4, 0.5) is 22.7 Å². The number of anilines is 3. The minimum absolute atomic E-state index is 0.127. The Morgan fingerprint density at radius 3 is 2.67 bits per heavy atom. The Balaban J connectivity index is 1.96. The first-order valence-electron chi connectivity index (χ1n) is 6.10. The molecule has 0 aliphatic carbocycles. The number of benzene rings is 2. The van der Waals surface area contributed by atoms with Crippen LogP contribution in [0.15, 0.2) is 36.4 Å². The molecule has 21 heavy (non-hydrogen) atoms. The molecule has 4 N–H and O–H groups in total. The van der Waals surface area contributed by atoms with Gasteiger partial charge in [0.15, 0.2) is 11.5 Å². The van der Waals surface area contributed by atoms with Gasteiger partial charge >= 0.3 is 5.69 Å². The van der Waals surface area contributed by atoms with Crippen molar-refractivity contribution in [2.24, 2.45) is 5.84 Å². The molecule has 0 saturated heterocycles. The number of nitrogens with one attached hydrogen (secondary N) is 2. The fourth-order valence-electron chi connectivity index (χ4n) is 2.09. The third kappa shape index (κ3) is 2.39. The summed E-state index contributed by atoms with van der Waals surface area (Å²) in [5, 5.41) is 14.2. The van der Waals surface area contributed by atoms with Gasteiger partial charge in [-0.2, -0.15) is 0 Å². The van der Waals surface area contributed by atoms with Gasteiger partial charge in [0.25, 0.3) is 0 Å². The van der Waals surface area contributed by atoms with Gasteiger partial charge in [0, 0.05) is 11.8 Å². The number of para-hydroxylation sites is 1. The van der Waals surface area contributed by atoms with Crippen LogP contribution in [-0.4, -0.2) is 11.7 Å². The van der Waals surface area contributed by atoms with Crippen LogP contribution in [-0.2, 0) is 0 Å². The van der Waals surface area contributed by atoms with Gasteiger partial charge in [-0.3, -0.25) is 16.0 Å². The summed E-state index contributed by atoms with van der Waals surface area (Å²) in [6.07, 6.45) is 0. The average Bonchev–Trinajstić information content (AvgIpc) is 2.94. The number of nitrogens with two attached hydrogens (primary N) is 1. The standard InChI is InChI=1S/C13H12N4O4/c14-16-10-3-1-2-9(13(10)17(18)19)15-8-4-5-11-12(6-8)21-7-20-11/h1-6,15-16H,7,14H2. The average molecular weight is 288 g/mol. The highest BCUT2D eigenvalue weighted by molar-refractivity contribution is 5.79. The molecule has 108 valence electrons. The fourth-order valence-corrected chi connectivity index (χ4v) is 2.09. The monoisotopic (exact) mass is 288 g/mol. The number of hydrogen-bond donors (Lipinski definition) is 3. The molecule has 1 heterocycles. The molecule has 0 amide bonds. The summed E-state index contributed by atoms with van der Waals surface area (Å²) in [6.45, 7) is 0.172. The highest BCUT2D eigenvalue weighted by atomic mass is 16.7. The first kappa shape index (κ1) is 13.0. The maximum atomic E-state index is 11.2. The second-order valence-corrected chi connectivity index (χ2v) is 4.30. The summed E-state index contributed by atoms with van der Waals surface area (Å²) in [5.74, 6) is 6.54. The predicted octanol–water partition coefficient (Wildman–Crippen LogP) is 2.35. The zero-order chi connectivity index (χ0) is 14.8. The van der Waals surface area contributed by atoms with E-state index in [1.807, 2.05) is 0 Å². The summed E-state index contributed by atoms with van der Waals surface area (Å²) in [6, 6.07) is 10.00. The molecule has 2 aromatic rings. The van der Waals surface area contributed by atoms with Crippen molar-refractivity contribution in [2.75, 3.05) is 17.5 Å². The van der Waals surface area contributed by atoms with Crippen molar-refractivity contribution in [3.8, 4) is 11.5 Å². The molecule has 0 radical (unpaired) electrons. The lowest BCUT2D eigenvalue weighted by atomic mass is 10.2. The van der Waals surface area contributed by atoms with Crippen molar-refractivity contribution >= 4 is 22.7 Å². The molecule has 0 saturated carbocycles. The van der Waals surface area contributed by atoms with E-state index >= 15 is 0 Å². The molecule has 0 spiro atoms. The van der Waals surface area contributed by atoms with Crippen LogP contribution in [0, 0.1) is 10.1 Å². The van der Waals surface area contributed by atoms with Crippen molar-refractivity contribution in [3.63, 3.8) is 0 Å². The quantitative estimate of drug-likeness (QED) is 0.449. The molecular formula is C13H12N4O4. The van der Waals surface area contributed by atoms with Crippen LogP contribution in [0.25, 0.3) is 0 Å². The zero-order valence-electron chi connectivity index (χ0n) is 10.8. The zero-order valence-corrected chi connectivity index (χ0v) is 10.8. The van der Waals surface area contributed by atoms with Crippen molar-refractivity contribution in [1.29, 1.82) is 0 Å². The lowest BCUT2D eigenvalue weighted by Crippen LogP contribution is -2.10. The van der Waals surface area contributed by atoms with Crippen LogP contribution in [0.5, 0.6) is 11.5 Å². The molecule has 8 nitrogen and oxygen atoms in total. The van der Waals surface area contributed by atoms with Crippen LogP contribution in [0.3, 0.4) is 0 Å². The van der Waals surface area contributed by atoms with E-state index in [4.69, 9.17) is 15.3 Å². The fraction of sp³-hybridized carbons (Fsp3) is 0.0769.